The van der Waals surface area contributed by atoms with Gasteiger partial charge >= 0.3 is 0 Å². The summed E-state index contributed by atoms with van der Waals surface area (Å²) < 4.78 is 19.3. The monoisotopic (exact) mass is 245 g/mol. The first-order chi connectivity index (χ1) is 6.93. The maximum atomic E-state index is 13.6. The van der Waals surface area contributed by atoms with Crippen LogP contribution in [0.4, 0.5) is 4.39 Å². The van der Waals surface area contributed by atoms with Crippen molar-refractivity contribution in [1.29, 1.82) is 0 Å². The molecule has 0 spiro atoms. The molecule has 1 aromatic carbocycles. The molecule has 1 unspecified atom stereocenters. The van der Waals surface area contributed by atoms with Crippen LogP contribution in [0, 0.1) is 5.82 Å². The van der Waals surface area contributed by atoms with Gasteiger partial charge in [0.2, 0.25) is 0 Å². The molecule has 2 nitrogen and oxygen atoms in total. The highest BCUT2D eigenvalue weighted by atomic mass is 35.5. The number of nitrogens with one attached hydrogen (secondary N) is 1. The fraction of sp³-hybridized carbons (Fsp3) is 0.500. The number of hydrogen-bond donors (Lipinski definition) is 1. The smallest absolute Gasteiger partial charge is 0.145 e. The van der Waals surface area contributed by atoms with Crippen molar-refractivity contribution in [1.82, 2.24) is 5.32 Å². The van der Waals surface area contributed by atoms with Crippen molar-refractivity contribution in [2.24, 2.45) is 0 Å². The van der Waals surface area contributed by atoms with Gasteiger partial charge in [-0.2, -0.15) is 0 Å². The summed E-state index contributed by atoms with van der Waals surface area (Å²) in [7, 11) is 0. The van der Waals surface area contributed by atoms with E-state index in [9.17, 15) is 4.39 Å². The molecule has 1 heterocycles. The van der Waals surface area contributed by atoms with Gasteiger partial charge in [0.25, 0.3) is 0 Å². The van der Waals surface area contributed by atoms with Gasteiger partial charge in [0.15, 0.2) is 0 Å². The number of ether oxygens (including phenoxy) is 1. The van der Waals surface area contributed by atoms with Gasteiger partial charge in [0.05, 0.1) is 6.61 Å². The molecule has 0 bridgehead atoms. The molecule has 1 atom stereocenters. The van der Waals surface area contributed by atoms with E-state index < -0.39 is 5.72 Å². The predicted molar refractivity (Wildman–Crippen MR) is 64.2 cm³/mol. The zero-order chi connectivity index (χ0) is 11.1. The summed E-state index contributed by atoms with van der Waals surface area (Å²) in [4.78, 5) is 0. The van der Waals surface area contributed by atoms with E-state index in [2.05, 4.69) is 5.32 Å². The average Bonchev–Trinajstić information content (AvgIpc) is 2.42. The fourth-order valence-electron chi connectivity index (χ4n) is 2.04. The standard InChI is InChI=1S/C12H16FNO.ClH/c1-11(2)8-15-12(3,14-11)9-6-4-5-7-10(9)13;/h4-7,14H,8H2,1-3H3;1H. The Morgan fingerprint density at radius 1 is 1.25 bits per heavy atom. The molecule has 1 aromatic rings. The van der Waals surface area contributed by atoms with Gasteiger partial charge in [-0.05, 0) is 26.8 Å². The third-order valence-electron chi connectivity index (χ3n) is 2.69. The van der Waals surface area contributed by atoms with E-state index in [0.717, 1.165) is 0 Å². The summed E-state index contributed by atoms with van der Waals surface area (Å²) in [5, 5.41) is 3.30. The zero-order valence-corrected chi connectivity index (χ0v) is 10.5. The third-order valence-corrected chi connectivity index (χ3v) is 2.69. The van der Waals surface area contributed by atoms with Crippen molar-refractivity contribution < 1.29 is 9.13 Å². The number of benzene rings is 1. The topological polar surface area (TPSA) is 21.3 Å². The van der Waals surface area contributed by atoms with Crippen LogP contribution >= 0.6 is 12.4 Å². The van der Waals surface area contributed by atoms with Crippen molar-refractivity contribution in [3.63, 3.8) is 0 Å². The highest BCUT2D eigenvalue weighted by Crippen LogP contribution is 2.33. The predicted octanol–water partition coefficient (Wildman–Crippen LogP) is 2.82. The quantitative estimate of drug-likeness (QED) is 0.822. The highest BCUT2D eigenvalue weighted by molar-refractivity contribution is 5.85. The van der Waals surface area contributed by atoms with Gasteiger partial charge in [-0.25, -0.2) is 4.39 Å². The molecule has 0 aliphatic carbocycles. The lowest BCUT2D eigenvalue weighted by molar-refractivity contribution is -0.000639. The van der Waals surface area contributed by atoms with E-state index in [-0.39, 0.29) is 23.8 Å². The van der Waals surface area contributed by atoms with E-state index in [1.54, 1.807) is 12.1 Å². The van der Waals surface area contributed by atoms with Crippen molar-refractivity contribution in [2.75, 3.05) is 6.61 Å². The van der Waals surface area contributed by atoms with Gasteiger partial charge < -0.3 is 4.74 Å². The van der Waals surface area contributed by atoms with Crippen LogP contribution in [0.1, 0.15) is 26.3 Å². The second-order valence-corrected chi connectivity index (χ2v) is 4.81. The van der Waals surface area contributed by atoms with E-state index >= 15 is 0 Å². The van der Waals surface area contributed by atoms with Crippen LogP contribution < -0.4 is 5.32 Å². The summed E-state index contributed by atoms with van der Waals surface area (Å²) in [5.41, 5.74) is -0.262. The van der Waals surface area contributed by atoms with E-state index in [0.29, 0.717) is 12.2 Å². The molecule has 0 radical (unpaired) electrons. The maximum absolute atomic E-state index is 13.6. The second-order valence-electron chi connectivity index (χ2n) is 4.81. The normalized spacial score (nSPS) is 27.5. The second kappa shape index (κ2) is 4.32. The molecule has 0 aromatic heterocycles. The van der Waals surface area contributed by atoms with Crippen molar-refractivity contribution in [3.05, 3.63) is 35.6 Å². The van der Waals surface area contributed by atoms with E-state index in [1.807, 2.05) is 26.8 Å². The van der Waals surface area contributed by atoms with Crippen LogP contribution in [0.15, 0.2) is 24.3 Å². The number of rotatable bonds is 1. The van der Waals surface area contributed by atoms with Crippen LogP contribution in [-0.2, 0) is 10.5 Å². The van der Waals surface area contributed by atoms with Gasteiger partial charge in [-0.3, -0.25) is 5.32 Å². The molecule has 16 heavy (non-hydrogen) atoms. The first kappa shape index (κ1) is 13.4. The molecule has 0 saturated carbocycles. The zero-order valence-electron chi connectivity index (χ0n) is 9.71. The van der Waals surface area contributed by atoms with Crippen molar-refractivity contribution in [2.45, 2.75) is 32.0 Å². The van der Waals surface area contributed by atoms with Crippen LogP contribution in [0.5, 0.6) is 0 Å². The van der Waals surface area contributed by atoms with Crippen LogP contribution in [0.2, 0.25) is 0 Å². The van der Waals surface area contributed by atoms with Gasteiger partial charge in [-0.1, -0.05) is 18.2 Å². The summed E-state index contributed by atoms with van der Waals surface area (Å²) in [5.74, 6) is -0.231. The molecule has 1 fully saturated rings. The van der Waals surface area contributed by atoms with Crippen LogP contribution in [-0.4, -0.2) is 12.1 Å². The molecule has 1 saturated heterocycles. The van der Waals surface area contributed by atoms with Crippen LogP contribution in [0.25, 0.3) is 0 Å². The summed E-state index contributed by atoms with van der Waals surface area (Å²) in [6, 6.07) is 6.71. The Labute approximate surface area is 102 Å². The van der Waals surface area contributed by atoms with E-state index in [1.165, 1.54) is 6.07 Å². The van der Waals surface area contributed by atoms with Gasteiger partial charge in [-0.15, -0.1) is 12.4 Å². The minimum atomic E-state index is -0.713. The highest BCUT2D eigenvalue weighted by Gasteiger charge is 2.42. The Kier molecular flexibility index (Phi) is 3.62. The Bertz CT molecular complexity index is 383. The third kappa shape index (κ3) is 2.37. The van der Waals surface area contributed by atoms with Crippen molar-refractivity contribution >= 4 is 12.4 Å². The van der Waals surface area contributed by atoms with Crippen molar-refractivity contribution in [3.8, 4) is 0 Å². The molecular formula is C12H17ClFNO. The maximum Gasteiger partial charge on any atom is 0.145 e. The Morgan fingerprint density at radius 3 is 2.38 bits per heavy atom. The Hall–Kier alpha value is -0.640. The lowest BCUT2D eigenvalue weighted by Crippen LogP contribution is -2.44. The average molecular weight is 246 g/mol. The molecule has 1 aliphatic rings. The number of halogens is 2. The Balaban J connectivity index is 0.00000128. The lowest BCUT2D eigenvalue weighted by atomic mass is 10.0. The van der Waals surface area contributed by atoms with E-state index in [4.69, 9.17) is 4.74 Å². The molecule has 2 rings (SSSR count). The Morgan fingerprint density at radius 2 is 1.88 bits per heavy atom. The molecular weight excluding hydrogens is 229 g/mol. The number of hydrogen-bond acceptors (Lipinski definition) is 2. The molecule has 90 valence electrons. The molecule has 1 aliphatic heterocycles. The first-order valence-electron chi connectivity index (χ1n) is 5.11. The first-order valence-corrected chi connectivity index (χ1v) is 5.11. The lowest BCUT2D eigenvalue weighted by Gasteiger charge is -2.27. The van der Waals surface area contributed by atoms with Gasteiger partial charge in [0, 0.05) is 11.1 Å². The molecule has 4 heteroatoms. The fourth-order valence-corrected chi connectivity index (χ4v) is 2.04. The molecule has 1 N–H and O–H groups in total. The largest absolute Gasteiger partial charge is 0.355 e. The minimum absolute atomic E-state index is 0. The SMILES string of the molecule is CC1(C)COC(C)(c2ccccc2F)N1.Cl. The van der Waals surface area contributed by atoms with Crippen LogP contribution in [0.3, 0.4) is 0 Å². The van der Waals surface area contributed by atoms with Gasteiger partial charge in [0.1, 0.15) is 11.5 Å². The minimum Gasteiger partial charge on any atom is -0.355 e. The summed E-state index contributed by atoms with van der Waals surface area (Å²) >= 11 is 0. The summed E-state index contributed by atoms with van der Waals surface area (Å²) in [6.07, 6.45) is 0. The summed E-state index contributed by atoms with van der Waals surface area (Å²) in [6.45, 7) is 6.52. The molecule has 0 amide bonds.